The maximum absolute atomic E-state index is 12.0. The topological polar surface area (TPSA) is 79.5 Å². The van der Waals surface area contributed by atoms with Crippen LogP contribution in [0.5, 0.6) is 0 Å². The lowest BCUT2D eigenvalue weighted by Crippen LogP contribution is -2.29. The fourth-order valence-corrected chi connectivity index (χ4v) is 1.85. The van der Waals surface area contributed by atoms with Crippen LogP contribution in [0.2, 0.25) is 0 Å². The zero-order chi connectivity index (χ0) is 13.9. The van der Waals surface area contributed by atoms with E-state index in [1.54, 1.807) is 13.8 Å². The molecule has 0 saturated carbocycles. The van der Waals surface area contributed by atoms with Crippen molar-refractivity contribution in [1.29, 1.82) is 0 Å². The molecule has 0 aromatic carbocycles. The summed E-state index contributed by atoms with van der Waals surface area (Å²) in [4.78, 5) is 22.5. The maximum atomic E-state index is 12.0. The SMILES string of the molecule is Cc1oc(C)c(C(=O)NCC(C)CC(=O)O)c1C. The minimum absolute atomic E-state index is 0.0443. The maximum Gasteiger partial charge on any atom is 0.303 e. The number of aryl methyl sites for hydroxylation is 2. The van der Waals surface area contributed by atoms with E-state index in [1.165, 1.54) is 0 Å². The van der Waals surface area contributed by atoms with Gasteiger partial charge in [0.15, 0.2) is 0 Å². The lowest BCUT2D eigenvalue weighted by atomic mass is 10.1. The van der Waals surface area contributed by atoms with Gasteiger partial charge in [-0.25, -0.2) is 0 Å². The van der Waals surface area contributed by atoms with E-state index < -0.39 is 5.97 Å². The van der Waals surface area contributed by atoms with Crippen LogP contribution >= 0.6 is 0 Å². The van der Waals surface area contributed by atoms with Crippen molar-refractivity contribution in [3.63, 3.8) is 0 Å². The number of hydrogen-bond acceptors (Lipinski definition) is 3. The Morgan fingerprint density at radius 1 is 1.28 bits per heavy atom. The van der Waals surface area contributed by atoms with Crippen LogP contribution < -0.4 is 5.32 Å². The molecule has 1 atom stereocenters. The van der Waals surface area contributed by atoms with Gasteiger partial charge in [0.1, 0.15) is 11.5 Å². The van der Waals surface area contributed by atoms with E-state index in [-0.39, 0.29) is 18.2 Å². The number of carboxylic acid groups (broad SMARTS) is 1. The minimum atomic E-state index is -0.858. The van der Waals surface area contributed by atoms with Gasteiger partial charge in [-0.1, -0.05) is 6.92 Å². The molecule has 0 spiro atoms. The van der Waals surface area contributed by atoms with E-state index in [9.17, 15) is 9.59 Å². The molecule has 18 heavy (non-hydrogen) atoms. The summed E-state index contributed by atoms with van der Waals surface area (Å²) in [6.07, 6.45) is 0.0443. The molecule has 5 heteroatoms. The largest absolute Gasteiger partial charge is 0.481 e. The number of carboxylic acids is 1. The molecule has 0 aliphatic heterocycles. The predicted molar refractivity (Wildman–Crippen MR) is 66.7 cm³/mol. The Morgan fingerprint density at radius 3 is 2.33 bits per heavy atom. The first-order chi connectivity index (χ1) is 8.32. The molecule has 0 saturated heterocycles. The van der Waals surface area contributed by atoms with Gasteiger partial charge in [-0.3, -0.25) is 9.59 Å². The molecule has 1 heterocycles. The normalized spacial score (nSPS) is 12.2. The van der Waals surface area contributed by atoms with Crippen LogP contribution in [-0.4, -0.2) is 23.5 Å². The number of amides is 1. The van der Waals surface area contributed by atoms with E-state index in [0.29, 0.717) is 17.9 Å². The third-order valence-corrected chi connectivity index (χ3v) is 2.92. The molecule has 2 N–H and O–H groups in total. The van der Waals surface area contributed by atoms with Crippen molar-refractivity contribution >= 4 is 11.9 Å². The predicted octanol–water partition coefficient (Wildman–Crippen LogP) is 2.05. The molecule has 1 unspecified atom stereocenters. The third-order valence-electron chi connectivity index (χ3n) is 2.92. The average molecular weight is 253 g/mol. The fraction of sp³-hybridized carbons (Fsp3) is 0.538. The number of carbonyl (C=O) groups excluding carboxylic acids is 1. The molecule has 100 valence electrons. The summed E-state index contributed by atoms with van der Waals surface area (Å²) >= 11 is 0. The van der Waals surface area contributed by atoms with E-state index in [4.69, 9.17) is 9.52 Å². The van der Waals surface area contributed by atoms with Crippen molar-refractivity contribution in [2.24, 2.45) is 5.92 Å². The third kappa shape index (κ3) is 3.35. The number of hydrogen-bond donors (Lipinski definition) is 2. The van der Waals surface area contributed by atoms with Crippen molar-refractivity contribution in [1.82, 2.24) is 5.32 Å². The molecule has 1 aromatic heterocycles. The zero-order valence-electron chi connectivity index (χ0n) is 11.2. The molecule has 1 aromatic rings. The van der Waals surface area contributed by atoms with Crippen LogP contribution in [-0.2, 0) is 4.79 Å². The summed E-state index contributed by atoms with van der Waals surface area (Å²) in [5, 5.41) is 11.4. The van der Waals surface area contributed by atoms with Crippen LogP contribution in [0.3, 0.4) is 0 Å². The first-order valence-electron chi connectivity index (χ1n) is 5.89. The van der Waals surface area contributed by atoms with E-state index in [0.717, 1.165) is 11.3 Å². The number of nitrogens with one attached hydrogen (secondary N) is 1. The van der Waals surface area contributed by atoms with Crippen molar-refractivity contribution < 1.29 is 19.1 Å². The number of carbonyl (C=O) groups is 2. The van der Waals surface area contributed by atoms with Gasteiger partial charge >= 0.3 is 5.97 Å². The van der Waals surface area contributed by atoms with Gasteiger partial charge in [0.25, 0.3) is 5.91 Å². The quantitative estimate of drug-likeness (QED) is 0.841. The van der Waals surface area contributed by atoms with E-state index in [2.05, 4.69) is 5.32 Å². The Labute approximate surface area is 106 Å². The van der Waals surface area contributed by atoms with Gasteiger partial charge < -0.3 is 14.8 Å². The molecule has 0 aliphatic carbocycles. The lowest BCUT2D eigenvalue weighted by Gasteiger charge is -2.10. The first-order valence-corrected chi connectivity index (χ1v) is 5.89. The second-order valence-electron chi connectivity index (χ2n) is 4.63. The molecule has 0 bridgehead atoms. The van der Waals surface area contributed by atoms with E-state index in [1.807, 2.05) is 13.8 Å². The second kappa shape index (κ2) is 5.71. The minimum Gasteiger partial charge on any atom is -0.481 e. The van der Waals surface area contributed by atoms with Crippen LogP contribution in [0.15, 0.2) is 4.42 Å². The summed E-state index contributed by atoms with van der Waals surface area (Å²) in [7, 11) is 0. The molecular formula is C13H19NO4. The van der Waals surface area contributed by atoms with Gasteiger partial charge in [0.2, 0.25) is 0 Å². The highest BCUT2D eigenvalue weighted by molar-refractivity contribution is 5.96. The smallest absolute Gasteiger partial charge is 0.303 e. The number of aliphatic carboxylic acids is 1. The highest BCUT2D eigenvalue weighted by Crippen LogP contribution is 2.20. The molecule has 0 radical (unpaired) electrons. The Hall–Kier alpha value is -1.78. The van der Waals surface area contributed by atoms with Crippen LogP contribution in [0.1, 0.15) is 40.8 Å². The Balaban J connectivity index is 2.63. The van der Waals surface area contributed by atoms with E-state index >= 15 is 0 Å². The second-order valence-corrected chi connectivity index (χ2v) is 4.63. The Morgan fingerprint density at radius 2 is 1.89 bits per heavy atom. The highest BCUT2D eigenvalue weighted by Gasteiger charge is 2.19. The Bertz CT molecular complexity index is 462. The van der Waals surface area contributed by atoms with Crippen molar-refractivity contribution in [2.45, 2.75) is 34.1 Å². The molecule has 0 fully saturated rings. The van der Waals surface area contributed by atoms with Crippen LogP contribution in [0, 0.1) is 26.7 Å². The van der Waals surface area contributed by atoms with Crippen molar-refractivity contribution in [3.05, 3.63) is 22.6 Å². The van der Waals surface area contributed by atoms with Gasteiger partial charge in [0, 0.05) is 18.5 Å². The first kappa shape index (κ1) is 14.3. The zero-order valence-corrected chi connectivity index (χ0v) is 11.2. The lowest BCUT2D eigenvalue weighted by molar-refractivity contribution is -0.137. The van der Waals surface area contributed by atoms with Crippen molar-refractivity contribution in [3.8, 4) is 0 Å². The van der Waals surface area contributed by atoms with Crippen LogP contribution in [0.4, 0.5) is 0 Å². The Kier molecular flexibility index (Phi) is 4.53. The summed E-state index contributed by atoms with van der Waals surface area (Å²) in [5.74, 6) is 0.159. The summed E-state index contributed by atoms with van der Waals surface area (Å²) in [6.45, 7) is 7.52. The van der Waals surface area contributed by atoms with Gasteiger partial charge in [-0.15, -0.1) is 0 Å². The average Bonchev–Trinajstić information content (AvgIpc) is 2.49. The van der Waals surface area contributed by atoms with Gasteiger partial charge in [-0.05, 0) is 26.7 Å². The highest BCUT2D eigenvalue weighted by atomic mass is 16.4. The van der Waals surface area contributed by atoms with Gasteiger partial charge in [-0.2, -0.15) is 0 Å². The summed E-state index contributed by atoms with van der Waals surface area (Å²) in [5.41, 5.74) is 1.38. The number of furan rings is 1. The summed E-state index contributed by atoms with van der Waals surface area (Å²) in [6, 6.07) is 0. The summed E-state index contributed by atoms with van der Waals surface area (Å²) < 4.78 is 5.38. The molecule has 1 amide bonds. The van der Waals surface area contributed by atoms with Gasteiger partial charge in [0.05, 0.1) is 5.56 Å². The fourth-order valence-electron chi connectivity index (χ4n) is 1.85. The van der Waals surface area contributed by atoms with Crippen molar-refractivity contribution in [2.75, 3.05) is 6.54 Å². The van der Waals surface area contributed by atoms with Crippen LogP contribution in [0.25, 0.3) is 0 Å². The standard InChI is InChI=1S/C13H19NO4/c1-7(5-11(15)16)6-14-13(17)12-8(2)9(3)18-10(12)4/h7H,5-6H2,1-4H3,(H,14,17)(H,15,16). The monoisotopic (exact) mass is 253 g/mol. The molecule has 1 rings (SSSR count). The molecule has 5 nitrogen and oxygen atoms in total. The molecule has 0 aliphatic rings. The number of rotatable bonds is 5. The molecular weight excluding hydrogens is 234 g/mol.